The fraction of sp³-hybridized carbons (Fsp3) is 0.500. The van der Waals surface area contributed by atoms with Crippen molar-refractivity contribution in [2.45, 2.75) is 77.6 Å². The molecule has 0 saturated heterocycles. The summed E-state index contributed by atoms with van der Waals surface area (Å²) < 4.78 is 5.92. The second-order valence-corrected chi connectivity index (χ2v) is 6.99. The number of hydrogen-bond donors (Lipinski definition) is 0. The number of para-hydroxylation sites is 1. The van der Waals surface area contributed by atoms with Crippen molar-refractivity contribution < 1.29 is 4.74 Å². The minimum absolute atomic E-state index is 0. The van der Waals surface area contributed by atoms with Gasteiger partial charge in [0.1, 0.15) is 11.5 Å². The SMILES string of the molecule is CCCCCCCCCCCCc1cccc(Oc2ccccc2)c1.[NaH]. The van der Waals surface area contributed by atoms with Crippen molar-refractivity contribution in [3.05, 3.63) is 60.2 Å². The van der Waals surface area contributed by atoms with Crippen LogP contribution in [0.4, 0.5) is 0 Å². The first-order chi connectivity index (χ1) is 12.4. The third kappa shape index (κ3) is 10.4. The van der Waals surface area contributed by atoms with Crippen LogP contribution >= 0.6 is 0 Å². The Kier molecular flexibility index (Phi) is 13.7. The van der Waals surface area contributed by atoms with Gasteiger partial charge in [0, 0.05) is 0 Å². The Bertz CT molecular complexity index is 567. The van der Waals surface area contributed by atoms with Gasteiger partial charge in [-0.3, -0.25) is 0 Å². The van der Waals surface area contributed by atoms with Crippen molar-refractivity contribution in [1.82, 2.24) is 0 Å². The van der Waals surface area contributed by atoms with Gasteiger partial charge in [-0.25, -0.2) is 0 Å². The van der Waals surface area contributed by atoms with E-state index in [-0.39, 0.29) is 29.6 Å². The maximum atomic E-state index is 5.92. The van der Waals surface area contributed by atoms with Crippen LogP contribution in [-0.4, -0.2) is 29.6 Å². The Morgan fingerprint density at radius 1 is 0.615 bits per heavy atom. The summed E-state index contributed by atoms with van der Waals surface area (Å²) in [5, 5.41) is 0. The zero-order valence-corrected chi connectivity index (χ0v) is 15.9. The Morgan fingerprint density at radius 3 is 1.85 bits per heavy atom. The van der Waals surface area contributed by atoms with Crippen LogP contribution in [0, 0.1) is 0 Å². The predicted molar refractivity (Wildman–Crippen MR) is 116 cm³/mol. The molecule has 0 saturated carbocycles. The van der Waals surface area contributed by atoms with E-state index < -0.39 is 0 Å². The molecule has 0 fully saturated rings. The fourth-order valence-electron chi connectivity index (χ4n) is 3.21. The summed E-state index contributed by atoms with van der Waals surface area (Å²) in [6, 6.07) is 18.5. The molecule has 0 aliphatic carbocycles. The van der Waals surface area contributed by atoms with E-state index in [1.807, 2.05) is 36.4 Å². The molecule has 0 heterocycles. The van der Waals surface area contributed by atoms with E-state index in [1.54, 1.807) is 0 Å². The van der Waals surface area contributed by atoms with Crippen molar-refractivity contribution in [3.63, 3.8) is 0 Å². The molecule has 0 spiro atoms. The molecule has 138 valence electrons. The average Bonchev–Trinajstić information content (AvgIpc) is 2.64. The van der Waals surface area contributed by atoms with E-state index in [0.29, 0.717) is 0 Å². The summed E-state index contributed by atoms with van der Waals surface area (Å²) in [7, 11) is 0. The molecule has 0 aliphatic heterocycles. The molecule has 2 aromatic carbocycles. The summed E-state index contributed by atoms with van der Waals surface area (Å²) >= 11 is 0. The van der Waals surface area contributed by atoms with Gasteiger partial charge in [-0.15, -0.1) is 0 Å². The summed E-state index contributed by atoms with van der Waals surface area (Å²) in [6.45, 7) is 2.28. The summed E-state index contributed by atoms with van der Waals surface area (Å²) in [5.74, 6) is 1.84. The first kappa shape index (κ1) is 23.3. The van der Waals surface area contributed by atoms with Gasteiger partial charge in [0.15, 0.2) is 0 Å². The number of ether oxygens (including phenoxy) is 1. The Hall–Kier alpha value is -0.760. The van der Waals surface area contributed by atoms with Crippen molar-refractivity contribution in [2.24, 2.45) is 0 Å². The van der Waals surface area contributed by atoms with E-state index >= 15 is 0 Å². The third-order valence-corrected chi connectivity index (χ3v) is 4.70. The van der Waals surface area contributed by atoms with E-state index in [4.69, 9.17) is 4.74 Å². The molecule has 2 rings (SSSR count). The van der Waals surface area contributed by atoms with Gasteiger partial charge in [-0.2, -0.15) is 0 Å². The van der Waals surface area contributed by atoms with Crippen molar-refractivity contribution in [1.29, 1.82) is 0 Å². The number of aryl methyl sites for hydroxylation is 1. The molecule has 26 heavy (non-hydrogen) atoms. The van der Waals surface area contributed by atoms with E-state index in [2.05, 4.69) is 25.1 Å². The molecule has 0 N–H and O–H groups in total. The van der Waals surface area contributed by atoms with Crippen molar-refractivity contribution in [3.8, 4) is 11.5 Å². The minimum atomic E-state index is 0. The van der Waals surface area contributed by atoms with Crippen LogP contribution in [0.1, 0.15) is 76.7 Å². The quantitative estimate of drug-likeness (QED) is 0.268. The normalized spacial score (nSPS) is 10.3. The molecule has 0 radical (unpaired) electrons. The van der Waals surface area contributed by atoms with Crippen LogP contribution in [0.3, 0.4) is 0 Å². The molecular formula is C24H35NaO. The van der Waals surface area contributed by atoms with Crippen molar-refractivity contribution >= 4 is 29.6 Å². The van der Waals surface area contributed by atoms with Gasteiger partial charge < -0.3 is 4.74 Å². The zero-order valence-electron chi connectivity index (χ0n) is 15.9. The van der Waals surface area contributed by atoms with Gasteiger partial charge in [-0.1, -0.05) is 95.0 Å². The van der Waals surface area contributed by atoms with E-state index in [0.717, 1.165) is 17.9 Å². The topological polar surface area (TPSA) is 9.23 Å². The first-order valence-corrected chi connectivity index (χ1v) is 10.2. The molecule has 0 atom stereocenters. The van der Waals surface area contributed by atoms with Gasteiger partial charge >= 0.3 is 29.6 Å². The molecule has 2 heteroatoms. The summed E-state index contributed by atoms with van der Waals surface area (Å²) in [4.78, 5) is 0. The second-order valence-electron chi connectivity index (χ2n) is 6.99. The molecule has 0 bridgehead atoms. The molecule has 1 nitrogen and oxygen atoms in total. The number of unbranched alkanes of at least 4 members (excludes halogenated alkanes) is 9. The summed E-state index contributed by atoms with van der Waals surface area (Å²) in [5.41, 5.74) is 1.38. The van der Waals surface area contributed by atoms with Crippen LogP contribution in [0.5, 0.6) is 11.5 Å². The molecule has 2 aromatic rings. The molecule has 0 aliphatic rings. The third-order valence-electron chi connectivity index (χ3n) is 4.70. The molecule has 0 amide bonds. The van der Waals surface area contributed by atoms with Crippen LogP contribution in [-0.2, 0) is 6.42 Å². The molecule has 0 unspecified atom stereocenters. The van der Waals surface area contributed by atoms with Gasteiger partial charge in [0.2, 0.25) is 0 Å². The standard InChI is InChI=1S/C24H34O.Na.H/c1-2-3-4-5-6-7-8-9-10-12-16-22-17-15-20-24(21-22)25-23-18-13-11-14-19-23;;/h11,13-15,17-21H,2-10,12,16H2,1H3;;. The first-order valence-electron chi connectivity index (χ1n) is 10.2. The fourth-order valence-corrected chi connectivity index (χ4v) is 3.21. The van der Waals surface area contributed by atoms with Crippen LogP contribution < -0.4 is 4.74 Å². The van der Waals surface area contributed by atoms with Crippen LogP contribution in [0.15, 0.2) is 54.6 Å². The average molecular weight is 363 g/mol. The van der Waals surface area contributed by atoms with E-state index in [9.17, 15) is 0 Å². The number of hydrogen-bond acceptors (Lipinski definition) is 1. The second kappa shape index (κ2) is 15.3. The maximum absolute atomic E-state index is 5.92. The van der Waals surface area contributed by atoms with Gasteiger partial charge in [0.25, 0.3) is 0 Å². The van der Waals surface area contributed by atoms with Gasteiger partial charge in [-0.05, 0) is 42.7 Å². The zero-order chi connectivity index (χ0) is 17.6. The Balaban J connectivity index is 0.00000338. The Morgan fingerprint density at radius 2 is 1.19 bits per heavy atom. The Labute approximate surface area is 182 Å². The van der Waals surface area contributed by atoms with Crippen molar-refractivity contribution in [2.75, 3.05) is 0 Å². The monoisotopic (exact) mass is 362 g/mol. The predicted octanol–water partition coefficient (Wildman–Crippen LogP) is 7.29. The van der Waals surface area contributed by atoms with Crippen LogP contribution in [0.25, 0.3) is 0 Å². The molecular weight excluding hydrogens is 327 g/mol. The van der Waals surface area contributed by atoms with Crippen LogP contribution in [0.2, 0.25) is 0 Å². The molecule has 0 aromatic heterocycles. The van der Waals surface area contributed by atoms with Gasteiger partial charge in [0.05, 0.1) is 0 Å². The number of benzene rings is 2. The van der Waals surface area contributed by atoms with E-state index in [1.165, 1.54) is 69.8 Å². The summed E-state index contributed by atoms with van der Waals surface area (Å²) in [6.07, 6.45) is 15.0. The number of rotatable bonds is 13.